The van der Waals surface area contributed by atoms with Crippen LogP contribution in [0.3, 0.4) is 0 Å². The Hall–Kier alpha value is -17.8. The van der Waals surface area contributed by atoms with Gasteiger partial charge in [0.05, 0.1) is 27.1 Å². The van der Waals surface area contributed by atoms with Crippen LogP contribution in [0.25, 0.3) is 89.0 Å². The third-order valence-electron chi connectivity index (χ3n) is 32.6. The smallest absolute Gasteiger partial charge is 0.0726 e. The molecule has 3 heteroatoms. The summed E-state index contributed by atoms with van der Waals surface area (Å²) in [4.78, 5) is 7.06. The summed E-state index contributed by atoms with van der Waals surface area (Å²) >= 11 is 0. The first-order valence-corrected chi connectivity index (χ1v) is 50.0. The molecule has 3 nitrogen and oxygen atoms in total. The van der Waals surface area contributed by atoms with E-state index in [9.17, 15) is 0 Å². The van der Waals surface area contributed by atoms with Crippen molar-refractivity contribution in [3.05, 3.63) is 657 Å². The highest BCUT2D eigenvalue weighted by atomic mass is 15.1. The van der Waals surface area contributed by atoms with Crippen molar-refractivity contribution in [1.82, 2.24) is 0 Å². The van der Waals surface area contributed by atoms with Gasteiger partial charge in [-0.15, -0.1) is 0 Å². The maximum Gasteiger partial charge on any atom is 0.0726 e. The van der Waals surface area contributed by atoms with E-state index >= 15 is 0 Å². The number of fused-ring (bicyclic) bond motifs is 29. The number of rotatable bonds is 13. The molecule has 7 aliphatic carbocycles. The van der Waals surface area contributed by atoms with E-state index in [1.807, 2.05) is 0 Å². The molecule has 0 fully saturated rings. The van der Waals surface area contributed by atoms with Crippen LogP contribution in [0.1, 0.15) is 111 Å². The van der Waals surface area contributed by atoms with Gasteiger partial charge in [-0.2, -0.15) is 0 Å². The summed E-state index contributed by atoms with van der Waals surface area (Å²) in [6.07, 6.45) is 0. The molecule has 674 valence electrons. The van der Waals surface area contributed by atoms with Crippen LogP contribution in [-0.4, -0.2) is 21.1 Å². The summed E-state index contributed by atoms with van der Waals surface area (Å²) in [5.41, 5.74) is 52.4. The Morgan fingerprint density at radius 1 is 0.112 bits per heavy atom. The number of benzene rings is 22. The minimum Gasteiger partial charge on any atom is -0.345 e. The minimum absolute atomic E-state index is 0.312. The summed E-state index contributed by atoms with van der Waals surface area (Å²) in [5, 5.41) is 0. The molecule has 2 spiro atoms. The van der Waals surface area contributed by atoms with Gasteiger partial charge in [-0.25, -0.2) is 0 Å². The van der Waals surface area contributed by atoms with Gasteiger partial charge in [0.15, 0.2) is 0 Å². The van der Waals surface area contributed by atoms with Gasteiger partial charge in [0.1, 0.15) is 0 Å². The Bertz CT molecular complexity index is 7900. The Kier molecular flexibility index (Phi) is 19.8. The molecule has 0 aliphatic heterocycles. The van der Waals surface area contributed by atoms with E-state index in [1.165, 1.54) is 223 Å². The first-order valence-electron chi connectivity index (χ1n) is 50.0. The largest absolute Gasteiger partial charge is 0.345 e. The molecule has 0 saturated heterocycles. The average molecular weight is 1820 g/mol. The molecule has 22 aromatic rings. The van der Waals surface area contributed by atoms with Crippen LogP contribution in [0, 0.1) is 0 Å². The van der Waals surface area contributed by atoms with Crippen LogP contribution in [0.5, 0.6) is 0 Å². The van der Waals surface area contributed by atoms with E-state index in [1.54, 1.807) is 0 Å². The predicted molar refractivity (Wildman–Crippen MR) is 593 cm³/mol. The van der Waals surface area contributed by atoms with Gasteiger partial charge in [-0.3, -0.25) is 0 Å². The lowest BCUT2D eigenvalue weighted by atomic mass is 9.67. The molecule has 0 saturated carbocycles. The maximum atomic E-state index is 2.47. The van der Waals surface area contributed by atoms with Crippen LogP contribution in [0.4, 0.5) is 34.1 Å². The van der Waals surface area contributed by atoms with Crippen LogP contribution in [0.2, 0.25) is 0 Å². The topological polar surface area (TPSA) is 9.72 Å². The summed E-state index contributed by atoms with van der Waals surface area (Å²) in [7, 11) is 6.61. The standard InChI is InChI=1S/C51H35N.C51H37N.C38H27N/c1-52(36-28-30-42-40-22-8-12-24-44(40)50(48(42)32-36,34-16-4-2-5-17-34)35-18-6-3-7-19-35)37-29-31-43-41-23-11-15-27-47(41)51(49(43)33-37)45-25-13-9-20-38(45)39-21-10-14-26-46(39)51;1-52(40-30-32-44-42-26-14-16-28-46(42)50(48(44)34-40,36-18-6-2-7-19-36)37-20-8-3-9-21-37)41-31-33-45-43-27-15-17-29-47(43)51(49(45)35-41,38-22-10-4-11-23-38)39-24-12-5-13-25-39;1-39(28-21-19-27(20-22-28)26-11-3-2-4-12-26)29-23-24-33-32-15-7-10-18-36(32)38(37(33)25-29)34-16-8-5-13-30(34)31-14-6-9-17-35(31)38/h2-33H,1H3;2-35H,1H3;2-25H,1H3. The zero-order valence-corrected chi connectivity index (χ0v) is 79.8. The molecule has 0 unspecified atom stereocenters. The second-order valence-corrected chi connectivity index (χ2v) is 39.1. The molecular weight excluding hydrogens is 1720 g/mol. The average Bonchev–Trinajstić information content (AvgIpc) is 1.51. The Labute approximate surface area is 837 Å². The van der Waals surface area contributed by atoms with Crippen molar-refractivity contribution in [1.29, 1.82) is 0 Å². The van der Waals surface area contributed by atoms with Crippen LogP contribution in [0.15, 0.2) is 546 Å². The van der Waals surface area contributed by atoms with E-state index < -0.39 is 16.2 Å². The molecule has 0 bridgehead atoms. The van der Waals surface area contributed by atoms with Crippen LogP contribution >= 0.6 is 0 Å². The van der Waals surface area contributed by atoms with E-state index in [4.69, 9.17) is 0 Å². The fourth-order valence-electron chi connectivity index (χ4n) is 26.5. The summed E-state index contributed by atoms with van der Waals surface area (Å²) in [6, 6.07) is 202. The zero-order chi connectivity index (χ0) is 95.1. The van der Waals surface area contributed by atoms with Crippen LogP contribution < -0.4 is 14.7 Å². The van der Waals surface area contributed by atoms with Gasteiger partial charge in [-0.1, -0.05) is 473 Å². The molecular formula is C140H99N3. The zero-order valence-electron chi connectivity index (χ0n) is 79.8. The summed E-state index contributed by atoms with van der Waals surface area (Å²) in [6.45, 7) is 0. The van der Waals surface area contributed by atoms with Crippen LogP contribution in [-0.2, 0) is 27.1 Å². The molecule has 0 aromatic heterocycles. The normalized spacial score (nSPS) is 14.1. The highest BCUT2D eigenvalue weighted by molar-refractivity contribution is 6.00. The SMILES string of the molecule is CN(c1ccc(-c2ccccc2)cc1)c1ccc2c(c1)C1(c3ccccc3-c3ccccc31)c1ccccc1-2.CN(c1ccc2c(c1)C(c1ccccc1)(c1ccccc1)c1ccccc1-2)c1ccc2c(c1)C(c1ccccc1)(c1ccccc1)c1ccccc1-2.CN(c1ccc2c(c1)C(c1ccccc1)(c1ccccc1)c1ccccc1-2)c1ccc2c(c1)C1(c3ccccc3-c3ccccc31)c1ccccc1-2. The first kappa shape index (κ1) is 84.5. The fraction of sp³-hybridized carbons (Fsp3) is 0.0571. The van der Waals surface area contributed by atoms with Crippen molar-refractivity contribution >= 4 is 34.1 Å². The Balaban J connectivity index is 0.000000108. The van der Waals surface area contributed by atoms with E-state index in [2.05, 4.69) is 582 Å². The van der Waals surface area contributed by atoms with E-state index in [0.717, 1.165) is 11.4 Å². The van der Waals surface area contributed by atoms with Gasteiger partial charge >= 0.3 is 0 Å². The minimum atomic E-state index is -0.444. The second kappa shape index (κ2) is 33.5. The second-order valence-electron chi connectivity index (χ2n) is 39.1. The number of anilines is 6. The molecule has 143 heavy (non-hydrogen) atoms. The number of nitrogens with zero attached hydrogens (tertiary/aromatic N) is 3. The highest BCUT2D eigenvalue weighted by Crippen LogP contribution is 2.68. The van der Waals surface area contributed by atoms with E-state index in [0.29, 0.717) is 0 Å². The molecule has 7 aliphatic rings. The third kappa shape index (κ3) is 12.3. The highest BCUT2D eigenvalue weighted by Gasteiger charge is 2.56. The molecule has 0 amide bonds. The lowest BCUT2D eigenvalue weighted by molar-refractivity contribution is 0.767. The molecule has 0 atom stereocenters. The maximum absolute atomic E-state index is 2.47. The van der Waals surface area contributed by atoms with Crippen molar-refractivity contribution in [2.45, 2.75) is 27.1 Å². The molecule has 0 radical (unpaired) electrons. The fourth-order valence-corrected chi connectivity index (χ4v) is 26.5. The molecule has 0 heterocycles. The monoisotopic (exact) mass is 1820 g/mol. The van der Waals surface area contributed by atoms with Crippen molar-refractivity contribution in [2.75, 3.05) is 35.8 Å². The van der Waals surface area contributed by atoms with Gasteiger partial charge in [0.2, 0.25) is 0 Å². The summed E-state index contributed by atoms with van der Waals surface area (Å²) in [5.74, 6) is 0. The molecule has 22 aromatic carbocycles. The molecule has 0 N–H and O–H groups in total. The van der Waals surface area contributed by atoms with Gasteiger partial charge < -0.3 is 14.7 Å². The van der Waals surface area contributed by atoms with Crippen molar-refractivity contribution in [3.63, 3.8) is 0 Å². The van der Waals surface area contributed by atoms with Gasteiger partial charge in [0.25, 0.3) is 0 Å². The Morgan fingerprint density at radius 2 is 0.252 bits per heavy atom. The first-order chi connectivity index (χ1) is 70.7. The molecule has 29 rings (SSSR count). The van der Waals surface area contributed by atoms with Gasteiger partial charge in [0, 0.05) is 55.3 Å². The predicted octanol–water partition coefficient (Wildman–Crippen LogP) is 33.8. The van der Waals surface area contributed by atoms with Gasteiger partial charge in [-0.05, 0) is 273 Å². The van der Waals surface area contributed by atoms with E-state index in [-0.39, 0.29) is 10.8 Å². The third-order valence-corrected chi connectivity index (χ3v) is 32.6. The Morgan fingerprint density at radius 3 is 0.455 bits per heavy atom. The van der Waals surface area contributed by atoms with Crippen molar-refractivity contribution in [2.24, 2.45) is 0 Å². The quantitative estimate of drug-likeness (QED) is 0.114. The summed E-state index contributed by atoms with van der Waals surface area (Å²) < 4.78 is 0. The number of hydrogen-bond acceptors (Lipinski definition) is 3. The lowest BCUT2D eigenvalue weighted by Gasteiger charge is -2.35. The lowest BCUT2D eigenvalue weighted by Crippen LogP contribution is -2.29. The number of hydrogen-bond donors (Lipinski definition) is 0. The van der Waals surface area contributed by atoms with Crippen molar-refractivity contribution < 1.29 is 0 Å². The van der Waals surface area contributed by atoms with Crippen molar-refractivity contribution in [3.8, 4) is 89.0 Å².